The highest BCUT2D eigenvalue weighted by Crippen LogP contribution is 2.37. The van der Waals surface area contributed by atoms with Crippen molar-refractivity contribution in [3.05, 3.63) is 64.1 Å². The number of rotatable bonds is 7. The lowest BCUT2D eigenvalue weighted by Crippen LogP contribution is -2.15. The minimum atomic E-state index is -0.688. The summed E-state index contributed by atoms with van der Waals surface area (Å²) in [4.78, 5) is 27.8. The average Bonchev–Trinajstić information content (AvgIpc) is 3.07. The molecule has 0 atom stereocenters. The monoisotopic (exact) mass is 433 g/mol. The highest BCUT2D eigenvalue weighted by molar-refractivity contribution is 6.32. The molecule has 156 valence electrons. The fraction of sp³-hybridized carbons (Fsp3) is 0.190. The first-order valence-corrected chi connectivity index (χ1v) is 9.23. The number of nitrogens with zero attached hydrogens (tertiary/aromatic N) is 1. The zero-order chi connectivity index (χ0) is 21.7. The first-order chi connectivity index (χ1) is 14.4. The van der Waals surface area contributed by atoms with Crippen LogP contribution in [0.4, 0.5) is 4.39 Å². The maximum Gasteiger partial charge on any atom is 0.363 e. The number of hydrogen-bond donors (Lipinski definition) is 0. The van der Waals surface area contributed by atoms with E-state index >= 15 is 0 Å². The number of benzene rings is 2. The number of esters is 2. The number of ether oxygens (including phenoxy) is 4. The number of carbonyl (C=O) groups is 2. The van der Waals surface area contributed by atoms with E-state index in [1.54, 1.807) is 19.1 Å². The van der Waals surface area contributed by atoms with Gasteiger partial charge in [-0.1, -0.05) is 17.7 Å². The largest absolute Gasteiger partial charge is 0.493 e. The summed E-state index contributed by atoms with van der Waals surface area (Å²) >= 11 is 6.26. The van der Waals surface area contributed by atoms with E-state index in [4.69, 9.17) is 30.5 Å². The summed E-state index contributed by atoms with van der Waals surface area (Å²) in [5, 5.41) is 0.159. The van der Waals surface area contributed by atoms with E-state index in [9.17, 15) is 14.0 Å². The van der Waals surface area contributed by atoms with Crippen LogP contribution in [-0.2, 0) is 19.1 Å². The Kier molecular flexibility index (Phi) is 6.68. The standard InChI is InChI=1S/C21H17ClFNO6/c1-3-28-18(25)11-29-19-15(22)7-12(9-17(19)27-2)8-16-21(26)30-20(24-16)13-5-4-6-14(23)10-13/h4-10H,3,11H2,1-2H3/b16-8+. The average molecular weight is 434 g/mol. The minimum absolute atomic E-state index is 0.00166. The topological polar surface area (TPSA) is 83.4 Å². The molecule has 1 aliphatic rings. The molecule has 3 rings (SSSR count). The van der Waals surface area contributed by atoms with Crippen molar-refractivity contribution >= 4 is 35.5 Å². The normalized spacial score (nSPS) is 14.3. The van der Waals surface area contributed by atoms with Crippen molar-refractivity contribution in [2.75, 3.05) is 20.3 Å². The van der Waals surface area contributed by atoms with Crippen LogP contribution >= 0.6 is 11.6 Å². The summed E-state index contributed by atoms with van der Waals surface area (Å²) < 4.78 is 34.0. The summed E-state index contributed by atoms with van der Waals surface area (Å²) in [6.45, 7) is 1.58. The Morgan fingerprint density at radius 2 is 2.10 bits per heavy atom. The van der Waals surface area contributed by atoms with E-state index in [1.807, 2.05) is 0 Å². The summed E-state index contributed by atoms with van der Waals surface area (Å²) in [7, 11) is 1.41. The maximum atomic E-state index is 13.4. The molecule has 0 amide bonds. The number of hydrogen-bond acceptors (Lipinski definition) is 7. The Bertz CT molecular complexity index is 1050. The molecule has 0 aliphatic carbocycles. The van der Waals surface area contributed by atoms with Crippen LogP contribution in [0.5, 0.6) is 11.5 Å². The lowest BCUT2D eigenvalue weighted by atomic mass is 10.1. The minimum Gasteiger partial charge on any atom is -0.493 e. The molecule has 0 radical (unpaired) electrons. The molecule has 0 aromatic heterocycles. The molecule has 1 heterocycles. The van der Waals surface area contributed by atoms with Crippen LogP contribution < -0.4 is 9.47 Å². The summed E-state index contributed by atoms with van der Waals surface area (Å²) in [5.74, 6) is -1.30. The maximum absolute atomic E-state index is 13.4. The predicted molar refractivity (Wildman–Crippen MR) is 107 cm³/mol. The molecule has 9 heteroatoms. The molecule has 0 N–H and O–H groups in total. The first kappa shape index (κ1) is 21.3. The van der Waals surface area contributed by atoms with Gasteiger partial charge in [0.15, 0.2) is 23.8 Å². The molecule has 0 saturated heterocycles. The SMILES string of the molecule is CCOC(=O)COc1c(Cl)cc(/C=C2/N=C(c3cccc(F)c3)OC2=O)cc1OC. The van der Waals surface area contributed by atoms with Crippen molar-refractivity contribution < 1.29 is 32.9 Å². The van der Waals surface area contributed by atoms with Gasteiger partial charge in [-0.3, -0.25) is 0 Å². The van der Waals surface area contributed by atoms with Crippen LogP contribution in [0.15, 0.2) is 47.1 Å². The van der Waals surface area contributed by atoms with Gasteiger partial charge in [-0.15, -0.1) is 0 Å². The Balaban J connectivity index is 1.87. The number of carbonyl (C=O) groups excluding carboxylic acids is 2. The van der Waals surface area contributed by atoms with Crippen LogP contribution in [-0.4, -0.2) is 38.2 Å². The van der Waals surface area contributed by atoms with Crippen molar-refractivity contribution in [2.24, 2.45) is 4.99 Å². The number of halogens is 2. The molecule has 0 fully saturated rings. The Morgan fingerprint density at radius 3 is 2.80 bits per heavy atom. The van der Waals surface area contributed by atoms with Crippen molar-refractivity contribution in [1.82, 2.24) is 0 Å². The quantitative estimate of drug-likeness (QED) is 0.488. The second-order valence-corrected chi connectivity index (χ2v) is 6.38. The van der Waals surface area contributed by atoms with Gasteiger partial charge in [0.1, 0.15) is 5.82 Å². The molecule has 0 unspecified atom stereocenters. The van der Waals surface area contributed by atoms with Gasteiger partial charge >= 0.3 is 11.9 Å². The van der Waals surface area contributed by atoms with Crippen molar-refractivity contribution in [2.45, 2.75) is 6.92 Å². The lowest BCUT2D eigenvalue weighted by Gasteiger charge is -2.12. The molecule has 7 nitrogen and oxygen atoms in total. The summed E-state index contributed by atoms with van der Waals surface area (Å²) in [6, 6.07) is 8.63. The van der Waals surface area contributed by atoms with E-state index in [0.29, 0.717) is 11.1 Å². The molecule has 2 aromatic carbocycles. The van der Waals surface area contributed by atoms with Gasteiger partial charge in [0, 0.05) is 5.56 Å². The van der Waals surface area contributed by atoms with Crippen LogP contribution in [0.1, 0.15) is 18.1 Å². The van der Waals surface area contributed by atoms with Crippen molar-refractivity contribution in [1.29, 1.82) is 0 Å². The van der Waals surface area contributed by atoms with Crippen LogP contribution in [0.25, 0.3) is 6.08 Å². The second-order valence-electron chi connectivity index (χ2n) is 5.97. The Morgan fingerprint density at radius 1 is 1.30 bits per heavy atom. The molecule has 0 saturated carbocycles. The Labute approximate surface area is 176 Å². The van der Waals surface area contributed by atoms with Crippen molar-refractivity contribution in [3.8, 4) is 11.5 Å². The van der Waals surface area contributed by atoms with E-state index in [2.05, 4.69) is 4.99 Å². The van der Waals surface area contributed by atoms with Gasteiger partial charge in [-0.05, 0) is 48.9 Å². The molecule has 2 aromatic rings. The summed E-state index contributed by atoms with van der Waals surface area (Å²) in [6.07, 6.45) is 1.44. The highest BCUT2D eigenvalue weighted by Gasteiger charge is 2.25. The lowest BCUT2D eigenvalue weighted by molar-refractivity contribution is -0.145. The number of cyclic esters (lactones) is 1. The van der Waals surface area contributed by atoms with Crippen LogP contribution in [0.3, 0.4) is 0 Å². The number of methoxy groups -OCH3 is 1. The zero-order valence-electron chi connectivity index (χ0n) is 16.1. The third kappa shape index (κ3) is 4.96. The molecular formula is C21H17ClFNO6. The number of aliphatic imine (C=N–C) groups is 1. The van der Waals surface area contributed by atoms with Gasteiger partial charge < -0.3 is 18.9 Å². The molecule has 0 spiro atoms. The van der Waals surface area contributed by atoms with Gasteiger partial charge in [0.05, 0.1) is 18.7 Å². The first-order valence-electron chi connectivity index (χ1n) is 8.85. The van der Waals surface area contributed by atoms with Crippen molar-refractivity contribution in [3.63, 3.8) is 0 Å². The third-order valence-corrected chi connectivity index (χ3v) is 4.17. The van der Waals surface area contributed by atoms with Gasteiger partial charge in [-0.2, -0.15) is 0 Å². The summed E-state index contributed by atoms with van der Waals surface area (Å²) in [5.41, 5.74) is 0.828. The van der Waals surface area contributed by atoms with E-state index in [1.165, 1.54) is 37.5 Å². The van der Waals surface area contributed by atoms with E-state index in [-0.39, 0.29) is 41.3 Å². The zero-order valence-corrected chi connectivity index (χ0v) is 16.9. The predicted octanol–water partition coefficient (Wildman–Crippen LogP) is 3.77. The van der Waals surface area contributed by atoms with Gasteiger partial charge in [0.25, 0.3) is 0 Å². The molecule has 30 heavy (non-hydrogen) atoms. The Hall–Kier alpha value is -3.39. The molecule has 1 aliphatic heterocycles. The van der Waals surface area contributed by atoms with Crippen LogP contribution in [0.2, 0.25) is 5.02 Å². The van der Waals surface area contributed by atoms with Gasteiger partial charge in [-0.25, -0.2) is 19.0 Å². The third-order valence-electron chi connectivity index (χ3n) is 3.89. The van der Waals surface area contributed by atoms with Crippen LogP contribution in [0, 0.1) is 5.82 Å². The molecular weight excluding hydrogens is 417 g/mol. The smallest absolute Gasteiger partial charge is 0.363 e. The molecule has 0 bridgehead atoms. The van der Waals surface area contributed by atoms with E-state index < -0.39 is 17.8 Å². The second kappa shape index (κ2) is 9.41. The highest BCUT2D eigenvalue weighted by atomic mass is 35.5. The fourth-order valence-corrected chi connectivity index (χ4v) is 2.88. The van der Waals surface area contributed by atoms with E-state index in [0.717, 1.165) is 0 Å². The fourth-order valence-electron chi connectivity index (χ4n) is 2.61. The van der Waals surface area contributed by atoms with Gasteiger partial charge in [0.2, 0.25) is 5.90 Å².